The van der Waals surface area contributed by atoms with Gasteiger partial charge in [0.1, 0.15) is 11.4 Å². The van der Waals surface area contributed by atoms with Gasteiger partial charge in [-0.3, -0.25) is 4.98 Å². The third kappa shape index (κ3) is 3.98. The van der Waals surface area contributed by atoms with Crippen LogP contribution in [0.25, 0.3) is 17.1 Å². The van der Waals surface area contributed by atoms with Gasteiger partial charge in [0.05, 0.1) is 36.6 Å². The minimum Gasteiger partial charge on any atom is -0.479 e. The number of nitrogens with one attached hydrogen (secondary N) is 1. The number of methoxy groups -OCH3 is 1. The summed E-state index contributed by atoms with van der Waals surface area (Å²) in [6.07, 6.45) is 5.44. The van der Waals surface area contributed by atoms with Crippen LogP contribution in [0, 0.1) is 13.8 Å². The fraction of sp³-hybridized carbons (Fsp3) is 0.227. The Hall–Kier alpha value is -3.81. The van der Waals surface area contributed by atoms with Gasteiger partial charge >= 0.3 is 0 Å². The van der Waals surface area contributed by atoms with E-state index in [9.17, 15) is 0 Å². The molecule has 0 saturated heterocycles. The first-order valence-corrected chi connectivity index (χ1v) is 9.63. The first-order valence-electron chi connectivity index (χ1n) is 9.63. The van der Waals surface area contributed by atoms with Crippen molar-refractivity contribution in [2.75, 3.05) is 12.4 Å². The van der Waals surface area contributed by atoms with E-state index in [1.807, 2.05) is 67.9 Å². The molecule has 1 N–H and O–H groups in total. The third-order valence-electron chi connectivity index (χ3n) is 4.75. The van der Waals surface area contributed by atoms with E-state index in [1.54, 1.807) is 19.6 Å². The molecule has 0 bridgehead atoms. The van der Waals surface area contributed by atoms with Gasteiger partial charge in [0.2, 0.25) is 5.88 Å². The molecule has 4 aromatic heterocycles. The molecule has 0 amide bonds. The summed E-state index contributed by atoms with van der Waals surface area (Å²) in [5.41, 5.74) is 5.01. The number of rotatable bonds is 6. The van der Waals surface area contributed by atoms with Crippen molar-refractivity contribution in [3.8, 4) is 23.0 Å². The highest BCUT2D eigenvalue weighted by Crippen LogP contribution is 2.27. The summed E-state index contributed by atoms with van der Waals surface area (Å²) in [4.78, 5) is 13.3. The van der Waals surface area contributed by atoms with Crippen LogP contribution in [0.15, 0.2) is 55.1 Å². The first kappa shape index (κ1) is 19.5. The number of imidazole rings is 1. The van der Waals surface area contributed by atoms with Crippen LogP contribution < -0.4 is 10.1 Å². The van der Waals surface area contributed by atoms with Gasteiger partial charge < -0.3 is 14.6 Å². The molecule has 0 spiro atoms. The average molecular weight is 401 g/mol. The Labute approximate surface area is 175 Å². The second-order valence-corrected chi connectivity index (χ2v) is 7.03. The molecule has 0 aromatic carbocycles. The van der Waals surface area contributed by atoms with Crippen molar-refractivity contribution in [2.24, 2.45) is 0 Å². The van der Waals surface area contributed by atoms with Gasteiger partial charge in [0.25, 0.3) is 0 Å². The zero-order valence-electron chi connectivity index (χ0n) is 17.4. The van der Waals surface area contributed by atoms with E-state index in [0.717, 1.165) is 28.5 Å². The monoisotopic (exact) mass is 401 g/mol. The summed E-state index contributed by atoms with van der Waals surface area (Å²) in [6.45, 7) is 5.97. The SMILES string of the molecule is COc1nc(-c2cc(C)c(NC(C)c3ccccn3)nn2)ccc1-n1cnc(C)c1. The van der Waals surface area contributed by atoms with Crippen LogP contribution in [0.2, 0.25) is 0 Å². The molecule has 0 saturated carbocycles. The van der Waals surface area contributed by atoms with E-state index in [4.69, 9.17) is 4.74 Å². The molecule has 0 aliphatic rings. The van der Waals surface area contributed by atoms with Crippen molar-refractivity contribution in [2.45, 2.75) is 26.8 Å². The van der Waals surface area contributed by atoms with Gasteiger partial charge in [0, 0.05) is 12.4 Å². The molecule has 4 rings (SSSR count). The zero-order chi connectivity index (χ0) is 21.1. The number of hydrogen-bond donors (Lipinski definition) is 1. The predicted octanol–water partition coefficient (Wildman–Crippen LogP) is 3.92. The number of aromatic nitrogens is 6. The summed E-state index contributed by atoms with van der Waals surface area (Å²) >= 11 is 0. The summed E-state index contributed by atoms with van der Waals surface area (Å²) in [6, 6.07) is 11.7. The number of hydrogen-bond acceptors (Lipinski definition) is 7. The zero-order valence-corrected chi connectivity index (χ0v) is 17.4. The van der Waals surface area contributed by atoms with Crippen LogP contribution in [-0.4, -0.2) is 36.8 Å². The topological polar surface area (TPSA) is 90.6 Å². The first-order chi connectivity index (χ1) is 14.5. The van der Waals surface area contributed by atoms with Crippen molar-refractivity contribution >= 4 is 5.82 Å². The molecule has 4 aromatic rings. The Morgan fingerprint density at radius 2 is 1.90 bits per heavy atom. The molecule has 0 radical (unpaired) electrons. The lowest BCUT2D eigenvalue weighted by Crippen LogP contribution is -2.11. The molecule has 1 atom stereocenters. The Morgan fingerprint density at radius 1 is 1.03 bits per heavy atom. The highest BCUT2D eigenvalue weighted by Gasteiger charge is 2.14. The van der Waals surface area contributed by atoms with Crippen molar-refractivity contribution in [1.82, 2.24) is 29.7 Å². The van der Waals surface area contributed by atoms with E-state index in [1.165, 1.54) is 0 Å². The summed E-state index contributed by atoms with van der Waals surface area (Å²) in [5, 5.41) is 12.1. The molecule has 1 unspecified atom stereocenters. The van der Waals surface area contributed by atoms with Crippen molar-refractivity contribution < 1.29 is 4.74 Å². The maximum atomic E-state index is 5.50. The van der Waals surface area contributed by atoms with E-state index in [0.29, 0.717) is 17.3 Å². The molecule has 0 aliphatic heterocycles. The summed E-state index contributed by atoms with van der Waals surface area (Å²) < 4.78 is 7.38. The summed E-state index contributed by atoms with van der Waals surface area (Å²) in [7, 11) is 1.60. The van der Waals surface area contributed by atoms with Crippen LogP contribution in [0.1, 0.15) is 29.9 Å². The highest BCUT2D eigenvalue weighted by atomic mass is 16.5. The molecular weight excluding hydrogens is 378 g/mol. The smallest absolute Gasteiger partial charge is 0.238 e. The van der Waals surface area contributed by atoms with Crippen molar-refractivity contribution in [3.05, 3.63) is 72.1 Å². The predicted molar refractivity (Wildman–Crippen MR) is 115 cm³/mol. The molecular formula is C22H23N7O. The molecule has 8 nitrogen and oxygen atoms in total. The van der Waals surface area contributed by atoms with Gasteiger partial charge in [-0.25, -0.2) is 9.97 Å². The summed E-state index contributed by atoms with van der Waals surface area (Å²) in [5.74, 6) is 1.21. The van der Waals surface area contributed by atoms with E-state index in [2.05, 4.69) is 30.5 Å². The number of pyridine rings is 2. The lowest BCUT2D eigenvalue weighted by atomic mass is 10.1. The maximum absolute atomic E-state index is 5.50. The molecule has 0 aliphatic carbocycles. The number of anilines is 1. The quantitative estimate of drug-likeness (QED) is 0.524. The van der Waals surface area contributed by atoms with Gasteiger partial charge in [-0.15, -0.1) is 10.2 Å². The van der Waals surface area contributed by atoms with Crippen LogP contribution in [-0.2, 0) is 0 Å². The lowest BCUT2D eigenvalue weighted by molar-refractivity contribution is 0.396. The maximum Gasteiger partial charge on any atom is 0.238 e. The van der Waals surface area contributed by atoms with Gasteiger partial charge in [-0.05, 0) is 56.7 Å². The van der Waals surface area contributed by atoms with E-state index >= 15 is 0 Å². The molecule has 152 valence electrons. The molecule has 8 heteroatoms. The largest absolute Gasteiger partial charge is 0.479 e. The number of aryl methyl sites for hydroxylation is 2. The van der Waals surface area contributed by atoms with Gasteiger partial charge in [-0.2, -0.15) is 0 Å². The minimum absolute atomic E-state index is 0.0150. The Morgan fingerprint density at radius 3 is 2.57 bits per heavy atom. The average Bonchev–Trinajstić information content (AvgIpc) is 3.21. The Balaban J connectivity index is 1.59. The normalized spacial score (nSPS) is 11.9. The van der Waals surface area contributed by atoms with Crippen molar-refractivity contribution in [1.29, 1.82) is 0 Å². The Bertz CT molecular complexity index is 1160. The van der Waals surface area contributed by atoms with Crippen LogP contribution in [0.3, 0.4) is 0 Å². The van der Waals surface area contributed by atoms with E-state index in [-0.39, 0.29) is 6.04 Å². The minimum atomic E-state index is 0.0150. The van der Waals surface area contributed by atoms with Crippen LogP contribution in [0.4, 0.5) is 5.82 Å². The third-order valence-corrected chi connectivity index (χ3v) is 4.75. The molecule has 0 fully saturated rings. The fourth-order valence-electron chi connectivity index (χ4n) is 3.14. The van der Waals surface area contributed by atoms with Crippen LogP contribution in [0.5, 0.6) is 5.88 Å². The second-order valence-electron chi connectivity index (χ2n) is 7.03. The lowest BCUT2D eigenvalue weighted by Gasteiger charge is -2.15. The number of nitrogens with zero attached hydrogens (tertiary/aromatic N) is 6. The molecule has 4 heterocycles. The van der Waals surface area contributed by atoms with Crippen LogP contribution >= 0.6 is 0 Å². The van der Waals surface area contributed by atoms with E-state index < -0.39 is 0 Å². The van der Waals surface area contributed by atoms with Gasteiger partial charge in [0.15, 0.2) is 5.82 Å². The highest BCUT2D eigenvalue weighted by molar-refractivity contribution is 5.61. The van der Waals surface area contributed by atoms with Crippen molar-refractivity contribution in [3.63, 3.8) is 0 Å². The Kier molecular flexibility index (Phi) is 5.38. The second kappa shape index (κ2) is 8.28. The number of ether oxygens (including phenoxy) is 1. The fourth-order valence-corrected chi connectivity index (χ4v) is 3.14. The molecule has 30 heavy (non-hydrogen) atoms. The van der Waals surface area contributed by atoms with Gasteiger partial charge in [-0.1, -0.05) is 6.07 Å². The standard InChI is InChI=1S/C22H23N7O/c1-14-11-19(27-28-21(14)25-16(3)17-7-5-6-10-23-17)18-8-9-20(22(26-18)30-4)29-12-15(2)24-13-29/h5-13,16H,1-4H3,(H,25,28).